The van der Waals surface area contributed by atoms with Crippen LogP contribution in [0.2, 0.25) is 0 Å². The summed E-state index contributed by atoms with van der Waals surface area (Å²) in [5.41, 5.74) is 0.0892. The molecule has 0 spiro atoms. The largest absolute Gasteiger partial charge is 0.288 e. The predicted molar refractivity (Wildman–Crippen MR) is 101 cm³/mol. The number of carbonyl (C=O) groups is 2. The Morgan fingerprint density at radius 3 is 1.89 bits per heavy atom. The Balaban J connectivity index is 2.01. The third-order valence-corrected chi connectivity index (χ3v) is 4.25. The van der Waals surface area contributed by atoms with Crippen LogP contribution >= 0.6 is 0 Å². The lowest BCUT2D eigenvalue weighted by molar-refractivity contribution is 0.0998. The van der Waals surface area contributed by atoms with Gasteiger partial charge in [-0.25, -0.2) is 4.98 Å². The Morgan fingerprint density at radius 1 is 0.704 bits per heavy atom. The highest BCUT2D eigenvalue weighted by atomic mass is 16.2. The highest BCUT2D eigenvalue weighted by Gasteiger charge is 2.26. The fraction of sp³-hybridized carbons (Fsp3) is 0. The van der Waals surface area contributed by atoms with Crippen LogP contribution in [0.5, 0.6) is 0 Å². The molecule has 0 fully saturated rings. The number of fused-ring (bicyclic) bond motifs is 1. The van der Waals surface area contributed by atoms with Crippen LogP contribution in [0.1, 0.15) is 32.0 Å². The predicted octanol–water partition coefficient (Wildman–Crippen LogP) is 3.16. The van der Waals surface area contributed by atoms with Gasteiger partial charge in [-0.2, -0.15) is 0 Å². The second kappa shape index (κ2) is 6.80. The fourth-order valence-electron chi connectivity index (χ4n) is 2.92. The molecule has 2 aromatic carbocycles. The molecular weight excluding hydrogens is 340 g/mol. The molecule has 4 aromatic rings. The zero-order valence-electron chi connectivity index (χ0n) is 14.2. The molecule has 0 aliphatic heterocycles. The first kappa shape index (κ1) is 16.6. The second-order valence-corrected chi connectivity index (χ2v) is 5.96. The summed E-state index contributed by atoms with van der Waals surface area (Å²) in [6.45, 7) is 0. The molecule has 2 aromatic heterocycles. The van der Waals surface area contributed by atoms with E-state index in [0.29, 0.717) is 16.8 Å². The molecule has 2 heterocycles. The topological polar surface area (TPSA) is 68.5 Å². The molecule has 0 saturated heterocycles. The average molecular weight is 354 g/mol. The van der Waals surface area contributed by atoms with E-state index in [1.807, 2.05) is 0 Å². The maximum absolute atomic E-state index is 13.1. The monoisotopic (exact) mass is 354 g/mol. The second-order valence-electron chi connectivity index (χ2n) is 5.96. The van der Waals surface area contributed by atoms with Crippen molar-refractivity contribution in [3.8, 4) is 0 Å². The molecule has 0 aliphatic carbocycles. The molecule has 0 radical (unpaired) electrons. The number of benzene rings is 2. The Labute approximate surface area is 154 Å². The smallest absolute Gasteiger partial charge is 0.269 e. The molecule has 0 atom stereocenters. The van der Waals surface area contributed by atoms with Crippen LogP contribution in [-0.4, -0.2) is 21.0 Å². The van der Waals surface area contributed by atoms with Crippen molar-refractivity contribution in [1.82, 2.24) is 9.38 Å². The molecule has 0 unspecified atom stereocenters. The summed E-state index contributed by atoms with van der Waals surface area (Å²) in [5.74, 6) is -0.982. The summed E-state index contributed by atoms with van der Waals surface area (Å²) in [4.78, 5) is 43.5. The molecular formula is C22H14N2O3. The van der Waals surface area contributed by atoms with Crippen LogP contribution in [0.15, 0.2) is 89.9 Å². The van der Waals surface area contributed by atoms with Crippen LogP contribution < -0.4 is 5.56 Å². The molecule has 0 saturated carbocycles. The van der Waals surface area contributed by atoms with Crippen LogP contribution in [0, 0.1) is 0 Å². The van der Waals surface area contributed by atoms with Gasteiger partial charge >= 0.3 is 0 Å². The third kappa shape index (κ3) is 2.95. The number of hydrogen-bond acceptors (Lipinski definition) is 4. The van der Waals surface area contributed by atoms with Crippen molar-refractivity contribution in [3.63, 3.8) is 0 Å². The van der Waals surface area contributed by atoms with Gasteiger partial charge in [0.2, 0.25) is 11.6 Å². The van der Waals surface area contributed by atoms with Gasteiger partial charge in [0.1, 0.15) is 16.9 Å². The SMILES string of the molecule is O=C(c1ccccc1)c1nc2ccccn2c(=O)c1C(=O)c1ccccc1. The fourth-order valence-corrected chi connectivity index (χ4v) is 2.92. The highest BCUT2D eigenvalue weighted by molar-refractivity contribution is 6.18. The summed E-state index contributed by atoms with van der Waals surface area (Å²) >= 11 is 0. The van der Waals surface area contributed by atoms with E-state index in [0.717, 1.165) is 0 Å². The van der Waals surface area contributed by atoms with E-state index in [4.69, 9.17) is 0 Å². The van der Waals surface area contributed by atoms with Crippen LogP contribution in [0.3, 0.4) is 0 Å². The Morgan fingerprint density at radius 2 is 1.26 bits per heavy atom. The first-order chi connectivity index (χ1) is 13.2. The molecule has 130 valence electrons. The van der Waals surface area contributed by atoms with Crippen molar-refractivity contribution < 1.29 is 9.59 Å². The van der Waals surface area contributed by atoms with Crippen molar-refractivity contribution in [1.29, 1.82) is 0 Å². The number of nitrogens with zero attached hydrogens (tertiary/aromatic N) is 2. The lowest BCUT2D eigenvalue weighted by Crippen LogP contribution is -2.28. The van der Waals surface area contributed by atoms with E-state index in [1.54, 1.807) is 78.9 Å². The quantitative estimate of drug-likeness (QED) is 0.528. The number of aromatic nitrogens is 2. The highest BCUT2D eigenvalue weighted by Crippen LogP contribution is 2.15. The minimum atomic E-state index is -0.561. The van der Waals surface area contributed by atoms with E-state index in [-0.39, 0.29) is 11.3 Å². The molecule has 0 bridgehead atoms. The van der Waals surface area contributed by atoms with E-state index < -0.39 is 17.1 Å². The van der Waals surface area contributed by atoms with Gasteiger partial charge in [0.25, 0.3) is 5.56 Å². The van der Waals surface area contributed by atoms with Crippen molar-refractivity contribution >= 4 is 17.2 Å². The van der Waals surface area contributed by atoms with Gasteiger partial charge in [-0.1, -0.05) is 66.7 Å². The number of hydrogen-bond donors (Lipinski definition) is 0. The zero-order valence-corrected chi connectivity index (χ0v) is 14.2. The van der Waals surface area contributed by atoms with Gasteiger partial charge in [0.15, 0.2) is 0 Å². The molecule has 0 aliphatic rings. The average Bonchev–Trinajstić information content (AvgIpc) is 2.74. The lowest BCUT2D eigenvalue weighted by atomic mass is 9.98. The van der Waals surface area contributed by atoms with Gasteiger partial charge < -0.3 is 0 Å². The minimum absolute atomic E-state index is 0.133. The van der Waals surface area contributed by atoms with Crippen LogP contribution in [0.25, 0.3) is 5.65 Å². The standard InChI is InChI=1S/C22H14N2O3/c25-20(15-9-3-1-4-10-15)18-19(21(26)16-11-5-2-6-12-16)23-17-13-7-8-14-24(17)22(18)27/h1-14H. The number of pyridine rings is 1. The first-order valence-corrected chi connectivity index (χ1v) is 8.38. The summed E-state index contributed by atoms with van der Waals surface area (Å²) in [6, 6.07) is 21.9. The molecule has 0 amide bonds. The van der Waals surface area contributed by atoms with E-state index in [2.05, 4.69) is 4.98 Å². The first-order valence-electron chi connectivity index (χ1n) is 8.38. The molecule has 5 nitrogen and oxygen atoms in total. The Kier molecular flexibility index (Phi) is 4.18. The van der Waals surface area contributed by atoms with Gasteiger partial charge in [-0.05, 0) is 12.1 Å². The normalized spacial score (nSPS) is 10.7. The van der Waals surface area contributed by atoms with Crippen LogP contribution in [-0.2, 0) is 0 Å². The minimum Gasteiger partial charge on any atom is -0.288 e. The Bertz CT molecular complexity index is 1210. The molecule has 27 heavy (non-hydrogen) atoms. The van der Waals surface area contributed by atoms with Crippen molar-refractivity contribution in [3.05, 3.63) is 118 Å². The molecule has 0 N–H and O–H groups in total. The Hall–Kier alpha value is -3.86. The van der Waals surface area contributed by atoms with Gasteiger partial charge in [-0.3, -0.25) is 18.8 Å². The van der Waals surface area contributed by atoms with Gasteiger partial charge in [-0.15, -0.1) is 0 Å². The maximum atomic E-state index is 13.1. The van der Waals surface area contributed by atoms with Crippen molar-refractivity contribution in [2.24, 2.45) is 0 Å². The van der Waals surface area contributed by atoms with E-state index in [9.17, 15) is 14.4 Å². The summed E-state index contributed by atoms with van der Waals surface area (Å²) in [5, 5.41) is 0. The van der Waals surface area contributed by atoms with Crippen molar-refractivity contribution in [2.45, 2.75) is 0 Å². The third-order valence-electron chi connectivity index (χ3n) is 4.25. The number of rotatable bonds is 4. The van der Waals surface area contributed by atoms with Gasteiger partial charge in [0, 0.05) is 17.3 Å². The van der Waals surface area contributed by atoms with E-state index >= 15 is 0 Å². The summed E-state index contributed by atoms with van der Waals surface area (Å²) in [6.07, 6.45) is 1.53. The summed E-state index contributed by atoms with van der Waals surface area (Å²) in [7, 11) is 0. The molecule has 5 heteroatoms. The number of carbonyl (C=O) groups excluding carboxylic acids is 2. The number of ketones is 2. The lowest BCUT2D eigenvalue weighted by Gasteiger charge is -2.10. The van der Waals surface area contributed by atoms with E-state index in [1.165, 1.54) is 10.6 Å². The summed E-state index contributed by atoms with van der Waals surface area (Å²) < 4.78 is 1.28. The maximum Gasteiger partial charge on any atom is 0.269 e. The molecule has 4 rings (SSSR count). The van der Waals surface area contributed by atoms with Crippen LogP contribution in [0.4, 0.5) is 0 Å². The zero-order chi connectivity index (χ0) is 18.8. The van der Waals surface area contributed by atoms with Crippen molar-refractivity contribution in [2.75, 3.05) is 0 Å². The van der Waals surface area contributed by atoms with Gasteiger partial charge in [0.05, 0.1) is 0 Å².